The van der Waals surface area contributed by atoms with E-state index in [9.17, 15) is 0 Å². The Kier molecular flexibility index (Phi) is 4.32. The summed E-state index contributed by atoms with van der Waals surface area (Å²) in [5.41, 5.74) is 9.92. The van der Waals surface area contributed by atoms with Gasteiger partial charge in [0.15, 0.2) is 0 Å². The molecule has 0 radical (unpaired) electrons. The number of fused-ring (bicyclic) bond motifs is 1. The first-order valence-electron chi connectivity index (χ1n) is 5.66. The van der Waals surface area contributed by atoms with Crippen LogP contribution in [0.15, 0.2) is 28.8 Å². The molecule has 0 bridgehead atoms. The standard InChI is InChI=1S/C13H15Cl2NO/c14-7-10(15)8-17-11-5-4-9-2-1-3-13(16)12(9)6-11/h4-7,13H,1-3,8,16H2/b10-7-. The van der Waals surface area contributed by atoms with E-state index in [1.807, 2.05) is 12.1 Å². The van der Waals surface area contributed by atoms with E-state index in [1.54, 1.807) is 0 Å². The van der Waals surface area contributed by atoms with Gasteiger partial charge in [0.1, 0.15) is 12.4 Å². The fraction of sp³-hybridized carbons (Fsp3) is 0.385. The van der Waals surface area contributed by atoms with Crippen LogP contribution in [0.4, 0.5) is 0 Å². The summed E-state index contributed by atoms with van der Waals surface area (Å²) in [5.74, 6) is 0.790. The third-order valence-corrected chi connectivity index (χ3v) is 3.57. The molecular formula is C13H15Cl2NO. The number of benzene rings is 1. The molecule has 0 saturated heterocycles. The maximum absolute atomic E-state index is 6.08. The molecule has 1 aliphatic carbocycles. The predicted molar refractivity (Wildman–Crippen MR) is 71.6 cm³/mol. The first-order valence-corrected chi connectivity index (χ1v) is 6.48. The molecule has 0 spiro atoms. The first kappa shape index (κ1) is 12.7. The summed E-state index contributed by atoms with van der Waals surface area (Å²) < 4.78 is 5.53. The number of aryl methyl sites for hydroxylation is 1. The Balaban J connectivity index is 2.12. The summed E-state index contributed by atoms with van der Waals surface area (Å²) in [7, 11) is 0. The molecule has 4 heteroatoms. The highest BCUT2D eigenvalue weighted by atomic mass is 35.5. The number of halogens is 2. The van der Waals surface area contributed by atoms with Crippen molar-refractivity contribution in [1.29, 1.82) is 0 Å². The van der Waals surface area contributed by atoms with Crippen LogP contribution < -0.4 is 10.5 Å². The lowest BCUT2D eigenvalue weighted by molar-refractivity contribution is 0.358. The summed E-state index contributed by atoms with van der Waals surface area (Å²) in [6, 6.07) is 6.18. The number of ether oxygens (including phenoxy) is 1. The Morgan fingerprint density at radius 1 is 1.53 bits per heavy atom. The quantitative estimate of drug-likeness (QED) is 0.910. The van der Waals surface area contributed by atoms with Crippen LogP contribution >= 0.6 is 23.2 Å². The van der Waals surface area contributed by atoms with Crippen molar-refractivity contribution in [1.82, 2.24) is 0 Å². The minimum Gasteiger partial charge on any atom is -0.488 e. The Hall–Kier alpha value is -0.700. The lowest BCUT2D eigenvalue weighted by Crippen LogP contribution is -2.17. The van der Waals surface area contributed by atoms with Crippen molar-refractivity contribution in [3.8, 4) is 5.75 Å². The Morgan fingerprint density at radius 2 is 2.35 bits per heavy atom. The molecule has 2 rings (SSSR count). The maximum Gasteiger partial charge on any atom is 0.125 e. The second-order valence-corrected chi connectivity index (χ2v) is 4.91. The molecule has 0 amide bonds. The van der Waals surface area contributed by atoms with Gasteiger partial charge in [-0.1, -0.05) is 29.3 Å². The fourth-order valence-electron chi connectivity index (χ4n) is 2.09. The second kappa shape index (κ2) is 5.76. The Labute approximate surface area is 111 Å². The van der Waals surface area contributed by atoms with Crippen LogP contribution in [0.25, 0.3) is 0 Å². The van der Waals surface area contributed by atoms with Crippen LogP contribution in [0, 0.1) is 0 Å². The molecule has 2 nitrogen and oxygen atoms in total. The van der Waals surface area contributed by atoms with Gasteiger partial charge in [-0.15, -0.1) is 0 Å². The number of rotatable bonds is 3. The summed E-state index contributed by atoms with van der Waals surface area (Å²) >= 11 is 11.2. The molecule has 0 aromatic heterocycles. The molecule has 0 heterocycles. The van der Waals surface area contributed by atoms with E-state index in [2.05, 4.69) is 6.07 Å². The van der Waals surface area contributed by atoms with Crippen LogP contribution in [0.3, 0.4) is 0 Å². The summed E-state index contributed by atoms with van der Waals surface area (Å²) in [6.45, 7) is 0.291. The number of nitrogens with two attached hydrogens (primary N) is 1. The molecule has 1 atom stereocenters. The SMILES string of the molecule is NC1CCCc2ccc(OC/C(Cl)=C/Cl)cc21. The van der Waals surface area contributed by atoms with Gasteiger partial charge in [-0.2, -0.15) is 0 Å². The molecule has 2 N–H and O–H groups in total. The molecule has 1 aromatic rings. The molecule has 1 unspecified atom stereocenters. The molecule has 92 valence electrons. The van der Waals surface area contributed by atoms with Crippen molar-refractivity contribution in [2.45, 2.75) is 25.3 Å². The Bertz CT molecular complexity index is 431. The topological polar surface area (TPSA) is 35.2 Å². The van der Waals surface area contributed by atoms with Gasteiger partial charge in [-0.05, 0) is 42.5 Å². The largest absolute Gasteiger partial charge is 0.488 e. The maximum atomic E-state index is 6.08. The average molecular weight is 272 g/mol. The van der Waals surface area contributed by atoms with Gasteiger partial charge in [0.05, 0.1) is 5.03 Å². The van der Waals surface area contributed by atoms with Crippen LogP contribution in [0.2, 0.25) is 0 Å². The summed E-state index contributed by atoms with van der Waals surface area (Å²) in [5, 5.41) is 0.480. The molecule has 17 heavy (non-hydrogen) atoms. The monoisotopic (exact) mass is 271 g/mol. The van der Waals surface area contributed by atoms with Crippen LogP contribution in [0.1, 0.15) is 30.0 Å². The zero-order chi connectivity index (χ0) is 12.3. The highest BCUT2D eigenvalue weighted by molar-refractivity contribution is 6.36. The van der Waals surface area contributed by atoms with E-state index in [4.69, 9.17) is 33.7 Å². The van der Waals surface area contributed by atoms with Gasteiger partial charge in [0.25, 0.3) is 0 Å². The van der Waals surface area contributed by atoms with Crippen molar-refractivity contribution >= 4 is 23.2 Å². The minimum atomic E-state index is 0.126. The molecule has 0 aliphatic heterocycles. The van der Waals surface area contributed by atoms with Crippen LogP contribution in [-0.2, 0) is 6.42 Å². The van der Waals surface area contributed by atoms with E-state index in [-0.39, 0.29) is 6.04 Å². The van der Waals surface area contributed by atoms with Gasteiger partial charge in [-0.25, -0.2) is 0 Å². The second-order valence-electron chi connectivity index (χ2n) is 4.20. The van der Waals surface area contributed by atoms with E-state index < -0.39 is 0 Å². The molecule has 0 saturated carbocycles. The van der Waals surface area contributed by atoms with E-state index in [1.165, 1.54) is 16.7 Å². The van der Waals surface area contributed by atoms with Crippen molar-refractivity contribution in [2.24, 2.45) is 5.73 Å². The zero-order valence-corrected chi connectivity index (χ0v) is 11.0. The normalized spacial score (nSPS) is 19.9. The van der Waals surface area contributed by atoms with E-state index in [0.29, 0.717) is 11.6 Å². The highest BCUT2D eigenvalue weighted by Gasteiger charge is 2.17. The smallest absolute Gasteiger partial charge is 0.125 e. The number of hydrogen-bond donors (Lipinski definition) is 1. The molecule has 1 aromatic carbocycles. The lowest BCUT2D eigenvalue weighted by atomic mass is 9.88. The average Bonchev–Trinajstić information content (AvgIpc) is 2.36. The van der Waals surface area contributed by atoms with Gasteiger partial charge in [0.2, 0.25) is 0 Å². The first-order chi connectivity index (χ1) is 8.20. The number of hydrogen-bond acceptors (Lipinski definition) is 2. The van der Waals surface area contributed by atoms with E-state index in [0.717, 1.165) is 25.0 Å². The zero-order valence-electron chi connectivity index (χ0n) is 9.46. The molecule has 0 fully saturated rings. The fourth-order valence-corrected chi connectivity index (χ4v) is 2.20. The predicted octanol–water partition coefficient (Wildman–Crippen LogP) is 3.72. The van der Waals surface area contributed by atoms with Crippen molar-refractivity contribution < 1.29 is 4.74 Å². The summed E-state index contributed by atoms with van der Waals surface area (Å²) in [4.78, 5) is 0. The third kappa shape index (κ3) is 3.15. The summed E-state index contributed by atoms with van der Waals surface area (Å²) in [6.07, 6.45) is 3.31. The molecule has 1 aliphatic rings. The van der Waals surface area contributed by atoms with Crippen molar-refractivity contribution in [3.63, 3.8) is 0 Å². The van der Waals surface area contributed by atoms with Gasteiger partial charge < -0.3 is 10.5 Å². The molecular weight excluding hydrogens is 257 g/mol. The van der Waals surface area contributed by atoms with Crippen molar-refractivity contribution in [2.75, 3.05) is 6.61 Å². The van der Waals surface area contributed by atoms with Gasteiger partial charge in [0, 0.05) is 11.6 Å². The highest BCUT2D eigenvalue weighted by Crippen LogP contribution is 2.31. The van der Waals surface area contributed by atoms with Crippen LogP contribution in [0.5, 0.6) is 5.75 Å². The Morgan fingerprint density at radius 3 is 3.12 bits per heavy atom. The van der Waals surface area contributed by atoms with E-state index >= 15 is 0 Å². The van der Waals surface area contributed by atoms with Crippen LogP contribution in [-0.4, -0.2) is 6.61 Å². The van der Waals surface area contributed by atoms with Crippen molar-refractivity contribution in [3.05, 3.63) is 39.9 Å². The minimum absolute atomic E-state index is 0.126. The third-order valence-electron chi connectivity index (χ3n) is 2.97. The lowest BCUT2D eigenvalue weighted by Gasteiger charge is -2.22. The van der Waals surface area contributed by atoms with Gasteiger partial charge in [-0.3, -0.25) is 0 Å². The van der Waals surface area contributed by atoms with Gasteiger partial charge >= 0.3 is 0 Å².